The SMILES string of the molecule is CC(C)(C)C=C=C=C(c1ccccc1)c1ccccc1. The van der Waals surface area contributed by atoms with E-state index in [1.807, 2.05) is 36.4 Å². The molecule has 0 radical (unpaired) electrons. The van der Waals surface area contributed by atoms with Crippen molar-refractivity contribution in [3.05, 3.63) is 89.3 Å². The first-order valence-corrected chi connectivity index (χ1v) is 6.90. The summed E-state index contributed by atoms with van der Waals surface area (Å²) in [4.78, 5) is 0. The maximum atomic E-state index is 3.32. The number of rotatable bonds is 2. The van der Waals surface area contributed by atoms with E-state index in [1.54, 1.807) is 0 Å². The van der Waals surface area contributed by atoms with Crippen molar-refractivity contribution >= 4 is 5.57 Å². The van der Waals surface area contributed by atoms with Gasteiger partial charge in [-0.15, -0.1) is 0 Å². The Labute approximate surface area is 121 Å². The highest BCUT2D eigenvalue weighted by Crippen LogP contribution is 2.22. The topological polar surface area (TPSA) is 0 Å². The van der Waals surface area contributed by atoms with Gasteiger partial charge in [-0.25, -0.2) is 0 Å². The average molecular weight is 260 g/mol. The van der Waals surface area contributed by atoms with Gasteiger partial charge in [-0.05, 0) is 22.6 Å². The van der Waals surface area contributed by atoms with Gasteiger partial charge in [-0.3, -0.25) is 0 Å². The normalized spacial score (nSPS) is 10.3. The molecule has 0 aliphatic heterocycles. The van der Waals surface area contributed by atoms with Gasteiger partial charge in [0, 0.05) is 5.57 Å². The Bertz CT molecular complexity index is 601. The minimum absolute atomic E-state index is 0.117. The Morgan fingerprint density at radius 3 is 1.65 bits per heavy atom. The van der Waals surface area contributed by atoms with Crippen LogP contribution < -0.4 is 0 Å². The van der Waals surface area contributed by atoms with Crippen LogP contribution in [0.4, 0.5) is 0 Å². The number of allylic oxidation sites excluding steroid dienone is 1. The lowest BCUT2D eigenvalue weighted by Crippen LogP contribution is -1.96. The molecule has 2 aromatic carbocycles. The van der Waals surface area contributed by atoms with E-state index in [-0.39, 0.29) is 5.41 Å². The summed E-state index contributed by atoms with van der Waals surface area (Å²) in [5.74, 6) is 0. The van der Waals surface area contributed by atoms with Crippen LogP contribution in [0, 0.1) is 5.41 Å². The maximum absolute atomic E-state index is 3.32. The van der Waals surface area contributed by atoms with E-state index in [4.69, 9.17) is 0 Å². The fourth-order valence-corrected chi connectivity index (χ4v) is 1.85. The third-order valence-corrected chi connectivity index (χ3v) is 2.83. The molecular formula is C20H20. The van der Waals surface area contributed by atoms with Crippen molar-refractivity contribution in [2.75, 3.05) is 0 Å². The molecule has 0 spiro atoms. The second-order valence-electron chi connectivity index (χ2n) is 5.89. The zero-order valence-corrected chi connectivity index (χ0v) is 12.4. The van der Waals surface area contributed by atoms with Gasteiger partial charge < -0.3 is 0 Å². The van der Waals surface area contributed by atoms with Crippen LogP contribution in [0.1, 0.15) is 31.9 Å². The zero-order chi connectivity index (χ0) is 14.4. The third-order valence-electron chi connectivity index (χ3n) is 2.83. The molecule has 100 valence electrons. The van der Waals surface area contributed by atoms with Gasteiger partial charge >= 0.3 is 0 Å². The minimum Gasteiger partial charge on any atom is -0.0734 e. The molecule has 0 unspecified atom stereocenters. The highest BCUT2D eigenvalue weighted by molar-refractivity contribution is 5.79. The van der Waals surface area contributed by atoms with Gasteiger partial charge in [0.15, 0.2) is 0 Å². The van der Waals surface area contributed by atoms with E-state index < -0.39 is 0 Å². The summed E-state index contributed by atoms with van der Waals surface area (Å²) in [7, 11) is 0. The van der Waals surface area contributed by atoms with Crippen LogP contribution in [-0.2, 0) is 0 Å². The van der Waals surface area contributed by atoms with Gasteiger partial charge in [-0.2, -0.15) is 0 Å². The number of hydrogen-bond acceptors (Lipinski definition) is 0. The van der Waals surface area contributed by atoms with Crippen molar-refractivity contribution in [2.45, 2.75) is 20.8 Å². The van der Waals surface area contributed by atoms with Crippen molar-refractivity contribution in [1.82, 2.24) is 0 Å². The minimum atomic E-state index is 0.117. The molecule has 0 aliphatic rings. The number of hydrogen-bond donors (Lipinski definition) is 0. The van der Waals surface area contributed by atoms with Gasteiger partial charge in [0.1, 0.15) is 0 Å². The first-order chi connectivity index (χ1) is 9.56. The van der Waals surface area contributed by atoms with Gasteiger partial charge in [0.05, 0.1) is 0 Å². The quantitative estimate of drug-likeness (QED) is 0.628. The summed E-state index contributed by atoms with van der Waals surface area (Å²) in [6, 6.07) is 20.7. The molecule has 0 bridgehead atoms. The smallest absolute Gasteiger partial charge is 0.0393 e. The highest BCUT2D eigenvalue weighted by Gasteiger charge is 2.04. The predicted molar refractivity (Wildman–Crippen MR) is 86.4 cm³/mol. The third kappa shape index (κ3) is 4.14. The molecule has 0 aromatic heterocycles. The Morgan fingerprint density at radius 2 is 1.25 bits per heavy atom. The summed E-state index contributed by atoms with van der Waals surface area (Å²) in [5.41, 5.74) is 10.0. The van der Waals surface area contributed by atoms with Crippen molar-refractivity contribution in [3.63, 3.8) is 0 Å². The Morgan fingerprint density at radius 1 is 0.800 bits per heavy atom. The second kappa shape index (κ2) is 6.26. The average Bonchev–Trinajstić information content (AvgIpc) is 2.44. The lowest BCUT2D eigenvalue weighted by molar-refractivity contribution is 0.545. The van der Waals surface area contributed by atoms with Crippen LogP contribution in [0.2, 0.25) is 0 Å². The molecular weight excluding hydrogens is 240 g/mol. The molecule has 0 heteroatoms. The lowest BCUT2D eigenvalue weighted by Gasteiger charge is -2.08. The molecule has 0 N–H and O–H groups in total. The van der Waals surface area contributed by atoms with Crippen molar-refractivity contribution < 1.29 is 0 Å². The van der Waals surface area contributed by atoms with Crippen LogP contribution >= 0.6 is 0 Å². The standard InChI is InChI=1S/C20H20/c1-20(2,3)16-10-15-19(17-11-6-4-7-12-17)18-13-8-5-9-14-18/h4-9,11-14,16H,1-3H3. The van der Waals surface area contributed by atoms with Gasteiger partial charge in [0.25, 0.3) is 0 Å². The Hall–Kier alpha value is -2.26. The molecule has 0 heterocycles. The summed E-state index contributed by atoms with van der Waals surface area (Å²) in [5, 5.41) is 0. The van der Waals surface area contributed by atoms with Gasteiger partial charge in [0.2, 0.25) is 0 Å². The van der Waals surface area contributed by atoms with Crippen LogP contribution in [0.3, 0.4) is 0 Å². The number of benzene rings is 2. The zero-order valence-electron chi connectivity index (χ0n) is 12.4. The monoisotopic (exact) mass is 260 g/mol. The molecule has 0 saturated heterocycles. The van der Waals surface area contributed by atoms with Crippen LogP contribution in [0.25, 0.3) is 5.57 Å². The fraction of sp³-hybridized carbons (Fsp3) is 0.200. The lowest BCUT2D eigenvalue weighted by atomic mass is 9.96. The molecule has 0 fully saturated rings. The predicted octanol–water partition coefficient (Wildman–Crippen LogP) is 5.47. The molecule has 0 saturated carbocycles. The molecule has 2 rings (SSSR count). The molecule has 20 heavy (non-hydrogen) atoms. The Balaban J connectivity index is 2.58. The van der Waals surface area contributed by atoms with E-state index in [0.29, 0.717) is 0 Å². The van der Waals surface area contributed by atoms with Crippen molar-refractivity contribution in [2.24, 2.45) is 5.41 Å². The van der Waals surface area contributed by atoms with Gasteiger partial charge in [-0.1, -0.05) is 92.9 Å². The van der Waals surface area contributed by atoms with Crippen LogP contribution in [-0.4, -0.2) is 0 Å². The van der Waals surface area contributed by atoms with E-state index in [1.165, 1.54) is 0 Å². The largest absolute Gasteiger partial charge is 0.0734 e. The molecule has 0 aliphatic carbocycles. The summed E-state index contributed by atoms with van der Waals surface area (Å²) in [6.45, 7) is 6.48. The highest BCUT2D eigenvalue weighted by atomic mass is 14.1. The van der Waals surface area contributed by atoms with E-state index in [2.05, 4.69) is 62.6 Å². The summed E-state index contributed by atoms with van der Waals surface area (Å²) < 4.78 is 0. The van der Waals surface area contributed by atoms with Crippen molar-refractivity contribution in [1.29, 1.82) is 0 Å². The maximum Gasteiger partial charge on any atom is 0.0393 e. The van der Waals surface area contributed by atoms with Crippen LogP contribution in [0.15, 0.2) is 78.2 Å². The summed E-state index contributed by atoms with van der Waals surface area (Å²) >= 11 is 0. The van der Waals surface area contributed by atoms with E-state index >= 15 is 0 Å². The summed E-state index contributed by atoms with van der Waals surface area (Å²) in [6.07, 6.45) is 2.05. The second-order valence-corrected chi connectivity index (χ2v) is 5.89. The first-order valence-electron chi connectivity index (χ1n) is 6.90. The Kier molecular flexibility index (Phi) is 4.43. The molecule has 0 amide bonds. The molecule has 0 atom stereocenters. The molecule has 0 nitrogen and oxygen atoms in total. The fourth-order valence-electron chi connectivity index (χ4n) is 1.85. The van der Waals surface area contributed by atoms with E-state index in [9.17, 15) is 0 Å². The first kappa shape index (κ1) is 14.2. The van der Waals surface area contributed by atoms with Crippen molar-refractivity contribution in [3.8, 4) is 0 Å². The molecule has 2 aromatic rings. The van der Waals surface area contributed by atoms with E-state index in [0.717, 1.165) is 16.7 Å². The van der Waals surface area contributed by atoms with Crippen LogP contribution in [0.5, 0.6) is 0 Å².